The van der Waals surface area contributed by atoms with Crippen LogP contribution in [-0.4, -0.2) is 0 Å². The van der Waals surface area contributed by atoms with E-state index in [2.05, 4.69) is 26.8 Å². The maximum atomic E-state index is 8.00. The van der Waals surface area contributed by atoms with Crippen LogP contribution in [0.3, 0.4) is 0 Å². The van der Waals surface area contributed by atoms with E-state index in [1.54, 1.807) is 0 Å². The van der Waals surface area contributed by atoms with Crippen LogP contribution in [0.1, 0.15) is 47.0 Å². The second-order valence-electron chi connectivity index (χ2n) is 4.91. The lowest BCUT2D eigenvalue weighted by Gasteiger charge is -2.06. The highest BCUT2D eigenvalue weighted by molar-refractivity contribution is 5.48. The van der Waals surface area contributed by atoms with Gasteiger partial charge in [-0.3, -0.25) is 0 Å². The lowest BCUT2D eigenvalue weighted by atomic mass is 10.0. The Hall–Kier alpha value is -1.30. The smallest absolute Gasteiger partial charge is 0.0626 e. The minimum Gasteiger partial charge on any atom is -0.0859 e. The van der Waals surface area contributed by atoms with Crippen molar-refractivity contribution in [3.8, 4) is 0 Å². The Morgan fingerprint density at radius 2 is 2.00 bits per heavy atom. The molecule has 1 aromatic carbocycles. The molecule has 0 aromatic heterocycles. The van der Waals surface area contributed by atoms with Crippen LogP contribution in [0.5, 0.6) is 0 Å². The first-order valence-corrected chi connectivity index (χ1v) is 6.45. The molecular weight excluding hydrogens is 204 g/mol. The van der Waals surface area contributed by atoms with Crippen molar-refractivity contribution in [3.05, 3.63) is 53.6 Å². The second-order valence-corrected chi connectivity index (χ2v) is 4.91. The van der Waals surface area contributed by atoms with Crippen LogP contribution in [0.4, 0.5) is 0 Å². The molecule has 0 aliphatic rings. The van der Waals surface area contributed by atoms with Gasteiger partial charge in [-0.15, -0.1) is 0 Å². The summed E-state index contributed by atoms with van der Waals surface area (Å²) in [4.78, 5) is 0. The summed E-state index contributed by atoms with van der Waals surface area (Å²) in [5, 5.41) is 0. The third kappa shape index (κ3) is 6.78. The standard InChI is InChI=1S/C17H24/c1-15(2)9-7-10-16(3)11-8-14-17-12-5-4-6-13-17/h4-6,8-9,12-14,16H,7,10-11H2,1-3H3/b14-8+/t16-/m0/s1/i14D. The van der Waals surface area contributed by atoms with Crippen molar-refractivity contribution in [2.75, 3.05) is 0 Å². The molecule has 0 heteroatoms. The van der Waals surface area contributed by atoms with Crippen LogP contribution < -0.4 is 0 Å². The quantitative estimate of drug-likeness (QED) is 0.567. The molecule has 0 heterocycles. The van der Waals surface area contributed by atoms with Gasteiger partial charge in [-0.25, -0.2) is 0 Å². The Balaban J connectivity index is 2.41. The molecule has 1 aromatic rings. The fraction of sp³-hybridized carbons (Fsp3) is 0.412. The van der Waals surface area contributed by atoms with E-state index in [1.165, 1.54) is 12.0 Å². The van der Waals surface area contributed by atoms with Crippen LogP contribution in [-0.2, 0) is 0 Å². The summed E-state index contributed by atoms with van der Waals surface area (Å²) >= 11 is 0. The number of hydrogen-bond acceptors (Lipinski definition) is 0. The van der Waals surface area contributed by atoms with E-state index < -0.39 is 0 Å². The van der Waals surface area contributed by atoms with Gasteiger partial charge in [0.05, 0.1) is 1.37 Å². The topological polar surface area (TPSA) is 0 Å². The average Bonchev–Trinajstić information content (AvgIpc) is 2.36. The summed E-state index contributed by atoms with van der Waals surface area (Å²) < 4.78 is 8.00. The molecule has 0 spiro atoms. The molecule has 0 nitrogen and oxygen atoms in total. The third-order valence-corrected chi connectivity index (χ3v) is 2.77. The zero-order chi connectivity index (χ0) is 13.4. The molecule has 0 aliphatic carbocycles. The summed E-state index contributed by atoms with van der Waals surface area (Å²) in [5.41, 5.74) is 2.40. The van der Waals surface area contributed by atoms with Crippen molar-refractivity contribution in [1.29, 1.82) is 0 Å². The van der Waals surface area contributed by atoms with Crippen molar-refractivity contribution < 1.29 is 1.37 Å². The van der Waals surface area contributed by atoms with Gasteiger partial charge in [-0.05, 0) is 44.6 Å². The normalized spacial score (nSPS) is 14.1. The van der Waals surface area contributed by atoms with Crippen molar-refractivity contribution in [2.45, 2.75) is 40.0 Å². The van der Waals surface area contributed by atoms with Gasteiger partial charge in [0.2, 0.25) is 0 Å². The lowest BCUT2D eigenvalue weighted by molar-refractivity contribution is 0.546. The average molecular weight is 229 g/mol. The Morgan fingerprint density at radius 3 is 2.65 bits per heavy atom. The maximum Gasteiger partial charge on any atom is 0.0626 e. The Morgan fingerprint density at radius 1 is 1.29 bits per heavy atom. The van der Waals surface area contributed by atoms with Crippen molar-refractivity contribution in [1.82, 2.24) is 0 Å². The van der Waals surface area contributed by atoms with Crippen LogP contribution in [0.15, 0.2) is 48.1 Å². The zero-order valence-electron chi connectivity index (χ0n) is 12.2. The van der Waals surface area contributed by atoms with Crippen LogP contribution in [0, 0.1) is 5.92 Å². The minimum atomic E-state index is 0.643. The van der Waals surface area contributed by atoms with Crippen molar-refractivity contribution >= 4 is 6.05 Å². The predicted molar refractivity (Wildman–Crippen MR) is 77.9 cm³/mol. The van der Waals surface area contributed by atoms with E-state index in [9.17, 15) is 0 Å². The molecule has 0 fully saturated rings. The highest BCUT2D eigenvalue weighted by Crippen LogP contribution is 2.13. The number of rotatable bonds is 6. The number of benzene rings is 1. The van der Waals surface area contributed by atoms with E-state index in [-0.39, 0.29) is 0 Å². The molecule has 0 aliphatic heterocycles. The monoisotopic (exact) mass is 229 g/mol. The highest BCUT2D eigenvalue weighted by atomic mass is 14.0. The number of allylic oxidation sites excluding steroid dienone is 3. The molecule has 92 valence electrons. The van der Waals surface area contributed by atoms with Gasteiger partial charge >= 0.3 is 0 Å². The van der Waals surface area contributed by atoms with Gasteiger partial charge in [0, 0.05) is 0 Å². The highest BCUT2D eigenvalue weighted by Gasteiger charge is 1.97. The minimum absolute atomic E-state index is 0.643. The first-order valence-electron chi connectivity index (χ1n) is 6.95. The first-order chi connectivity index (χ1) is 8.59. The fourth-order valence-electron chi connectivity index (χ4n) is 1.69. The fourth-order valence-corrected chi connectivity index (χ4v) is 1.69. The largest absolute Gasteiger partial charge is 0.0859 e. The lowest BCUT2D eigenvalue weighted by Crippen LogP contribution is -1.91. The maximum absolute atomic E-state index is 8.00. The molecule has 0 bridgehead atoms. The first kappa shape index (κ1) is 12.2. The van der Waals surface area contributed by atoms with E-state index in [1.807, 2.05) is 36.4 Å². The Labute approximate surface area is 107 Å². The SMILES string of the molecule is [2H]/C(=C\C[C@@H](C)CCC=C(C)C)c1ccccc1. The molecule has 0 N–H and O–H groups in total. The second kappa shape index (κ2) is 7.89. The van der Waals surface area contributed by atoms with E-state index in [0.29, 0.717) is 12.0 Å². The van der Waals surface area contributed by atoms with E-state index in [4.69, 9.17) is 1.37 Å². The summed E-state index contributed by atoms with van der Waals surface area (Å²) in [6, 6.07) is 10.6. The molecule has 0 radical (unpaired) electrons. The molecule has 0 amide bonds. The van der Waals surface area contributed by atoms with Crippen LogP contribution in [0.25, 0.3) is 6.05 Å². The predicted octanol–water partition coefficient (Wildman–Crippen LogP) is 5.47. The third-order valence-electron chi connectivity index (χ3n) is 2.77. The van der Waals surface area contributed by atoms with Crippen LogP contribution in [0.2, 0.25) is 0 Å². The Bertz CT molecular complexity index is 397. The molecule has 0 saturated carbocycles. The Kier molecular flexibility index (Phi) is 5.65. The van der Waals surface area contributed by atoms with Gasteiger partial charge < -0.3 is 0 Å². The van der Waals surface area contributed by atoms with Gasteiger partial charge in [-0.1, -0.05) is 61.0 Å². The van der Waals surface area contributed by atoms with Crippen molar-refractivity contribution in [3.63, 3.8) is 0 Å². The molecule has 17 heavy (non-hydrogen) atoms. The van der Waals surface area contributed by atoms with Crippen LogP contribution >= 0.6 is 0 Å². The summed E-state index contributed by atoms with van der Waals surface area (Å²) in [5.74, 6) is 0.643. The van der Waals surface area contributed by atoms with E-state index >= 15 is 0 Å². The van der Waals surface area contributed by atoms with E-state index in [0.717, 1.165) is 18.4 Å². The molecule has 1 atom stereocenters. The van der Waals surface area contributed by atoms with Gasteiger partial charge in [0.15, 0.2) is 0 Å². The summed E-state index contributed by atoms with van der Waals surface area (Å²) in [6.07, 6.45) is 7.67. The van der Waals surface area contributed by atoms with Gasteiger partial charge in [0.1, 0.15) is 0 Å². The molecule has 0 saturated heterocycles. The summed E-state index contributed by atoms with van der Waals surface area (Å²) in [7, 11) is 0. The number of hydrogen-bond donors (Lipinski definition) is 0. The van der Waals surface area contributed by atoms with Gasteiger partial charge in [0.25, 0.3) is 0 Å². The zero-order valence-corrected chi connectivity index (χ0v) is 11.2. The molecule has 0 unspecified atom stereocenters. The summed E-state index contributed by atoms with van der Waals surface area (Å²) in [6.45, 7) is 6.54. The van der Waals surface area contributed by atoms with Gasteiger partial charge in [-0.2, -0.15) is 0 Å². The molecule has 1 rings (SSSR count). The molecular formula is C17H24. The van der Waals surface area contributed by atoms with Crippen molar-refractivity contribution in [2.24, 2.45) is 5.92 Å².